The van der Waals surface area contributed by atoms with E-state index >= 15 is 0 Å². The second kappa shape index (κ2) is 13.4. The lowest BCUT2D eigenvalue weighted by atomic mass is 9.83. The van der Waals surface area contributed by atoms with E-state index in [4.69, 9.17) is 27.0 Å². The summed E-state index contributed by atoms with van der Waals surface area (Å²) >= 11 is 0. The average Bonchev–Trinajstić information content (AvgIpc) is 2.93. The van der Waals surface area contributed by atoms with E-state index in [-0.39, 0.29) is 30.6 Å². The number of methoxy groups -OCH3 is 1. The van der Waals surface area contributed by atoms with Gasteiger partial charge in [0.15, 0.2) is 0 Å². The molecule has 38 heavy (non-hydrogen) atoms. The first-order valence-electron chi connectivity index (χ1n) is 12.7. The zero-order valence-corrected chi connectivity index (χ0v) is 21.6. The molecular weight excluding hydrogens is 484 g/mol. The van der Waals surface area contributed by atoms with Crippen LogP contribution < -0.4 is 22.1 Å². The van der Waals surface area contributed by atoms with Crippen LogP contribution in [-0.4, -0.2) is 42.6 Å². The normalized spacial score (nSPS) is 15.1. The van der Waals surface area contributed by atoms with Gasteiger partial charge in [0.2, 0.25) is 11.8 Å². The lowest BCUT2D eigenvalue weighted by Gasteiger charge is -2.30. The van der Waals surface area contributed by atoms with Gasteiger partial charge in [0.1, 0.15) is 23.6 Å². The van der Waals surface area contributed by atoms with Gasteiger partial charge in [-0.3, -0.25) is 20.4 Å². The molecule has 1 aliphatic rings. The molecule has 2 amide bonds. The number of carbonyl (C=O) groups excluding carboxylic acids is 3. The first-order chi connectivity index (χ1) is 18.2. The summed E-state index contributed by atoms with van der Waals surface area (Å²) in [6.45, 7) is 0.174. The summed E-state index contributed by atoms with van der Waals surface area (Å²) in [5.74, 6) is -2.82. The molecule has 10 heteroatoms. The highest BCUT2D eigenvalue weighted by atomic mass is 16.5. The number of nitrogens with two attached hydrogens (primary N) is 2. The SMILES string of the molecule is COC(=O)[C@@H](NC(=O)C(Cc1ccc(C(=N)N)cc1)C(=O)NCc1ccc(C(=N)N)cc1)C1CCCCC1. The molecule has 0 spiro atoms. The minimum atomic E-state index is -1.11. The molecule has 3 rings (SSSR count). The molecule has 0 aromatic heterocycles. The number of ether oxygens (including phenoxy) is 1. The van der Waals surface area contributed by atoms with Crippen molar-refractivity contribution in [2.24, 2.45) is 23.3 Å². The van der Waals surface area contributed by atoms with Gasteiger partial charge in [0, 0.05) is 17.7 Å². The van der Waals surface area contributed by atoms with Crippen molar-refractivity contribution in [3.05, 3.63) is 70.8 Å². The van der Waals surface area contributed by atoms with Crippen molar-refractivity contribution in [3.8, 4) is 0 Å². The maximum Gasteiger partial charge on any atom is 0.328 e. The number of rotatable bonds is 11. The van der Waals surface area contributed by atoms with Crippen LogP contribution in [0.25, 0.3) is 0 Å². The number of esters is 1. The van der Waals surface area contributed by atoms with Gasteiger partial charge in [-0.05, 0) is 36.3 Å². The Hall–Kier alpha value is -4.21. The highest BCUT2D eigenvalue weighted by Crippen LogP contribution is 2.27. The fourth-order valence-electron chi connectivity index (χ4n) is 4.69. The lowest BCUT2D eigenvalue weighted by Crippen LogP contribution is -2.51. The number of carbonyl (C=O) groups is 3. The highest BCUT2D eigenvalue weighted by molar-refractivity contribution is 6.02. The van der Waals surface area contributed by atoms with E-state index in [2.05, 4.69) is 10.6 Å². The Balaban J connectivity index is 1.79. The zero-order valence-electron chi connectivity index (χ0n) is 21.6. The molecule has 10 nitrogen and oxygen atoms in total. The van der Waals surface area contributed by atoms with Gasteiger partial charge in [-0.15, -0.1) is 0 Å². The summed E-state index contributed by atoms with van der Waals surface area (Å²) in [5, 5.41) is 20.7. The first-order valence-corrected chi connectivity index (χ1v) is 12.7. The highest BCUT2D eigenvalue weighted by Gasteiger charge is 2.35. The van der Waals surface area contributed by atoms with Gasteiger partial charge in [-0.2, -0.15) is 0 Å². The Labute approximate surface area is 222 Å². The van der Waals surface area contributed by atoms with Gasteiger partial charge in [-0.25, -0.2) is 4.79 Å². The smallest absolute Gasteiger partial charge is 0.328 e. The van der Waals surface area contributed by atoms with Crippen molar-refractivity contribution < 1.29 is 19.1 Å². The molecule has 0 saturated heterocycles. The number of nitrogens with one attached hydrogen (secondary N) is 4. The Kier molecular flexibility index (Phi) is 9.98. The average molecular weight is 521 g/mol. The fraction of sp³-hybridized carbons (Fsp3) is 0.393. The van der Waals surface area contributed by atoms with Crippen LogP contribution in [0, 0.1) is 22.7 Å². The van der Waals surface area contributed by atoms with E-state index in [1.165, 1.54) is 7.11 Å². The van der Waals surface area contributed by atoms with Crippen molar-refractivity contribution in [2.45, 2.75) is 51.1 Å². The minimum absolute atomic E-state index is 0.0431. The zero-order chi connectivity index (χ0) is 27.7. The van der Waals surface area contributed by atoms with E-state index < -0.39 is 29.7 Å². The molecule has 0 bridgehead atoms. The number of nitrogen functional groups attached to an aromatic ring is 2. The van der Waals surface area contributed by atoms with E-state index in [1.54, 1.807) is 48.5 Å². The molecule has 2 atom stereocenters. The standard InChI is InChI=1S/C28H36N6O4/c1-38-28(37)23(19-5-3-2-4-6-19)34-27(36)22(15-17-7-11-20(12-8-17)24(29)30)26(35)33-16-18-9-13-21(14-10-18)25(31)32/h7-14,19,22-23H,2-6,15-16H2,1H3,(H3,29,30)(H3,31,32)(H,33,35)(H,34,36)/t22?,23-/m0/s1. The van der Waals surface area contributed by atoms with Crippen LogP contribution in [0.2, 0.25) is 0 Å². The molecule has 0 radical (unpaired) electrons. The minimum Gasteiger partial charge on any atom is -0.467 e. The number of benzene rings is 2. The summed E-state index contributed by atoms with van der Waals surface area (Å²) in [7, 11) is 1.29. The van der Waals surface area contributed by atoms with Crippen molar-refractivity contribution in [1.29, 1.82) is 10.8 Å². The number of amidine groups is 2. The maximum absolute atomic E-state index is 13.5. The third-order valence-corrected chi connectivity index (χ3v) is 6.94. The Morgan fingerprint density at radius 2 is 1.39 bits per heavy atom. The predicted molar refractivity (Wildman–Crippen MR) is 144 cm³/mol. The van der Waals surface area contributed by atoms with Crippen molar-refractivity contribution in [3.63, 3.8) is 0 Å². The van der Waals surface area contributed by atoms with Gasteiger partial charge in [-0.1, -0.05) is 67.8 Å². The summed E-state index contributed by atoms with van der Waals surface area (Å²) in [4.78, 5) is 39.4. The molecule has 1 saturated carbocycles. The van der Waals surface area contributed by atoms with Gasteiger partial charge < -0.3 is 26.8 Å². The summed E-state index contributed by atoms with van der Waals surface area (Å²) in [6, 6.07) is 12.9. The van der Waals surface area contributed by atoms with Gasteiger partial charge in [0.05, 0.1) is 7.11 Å². The number of amides is 2. The molecule has 0 aliphatic heterocycles. The molecule has 2 aromatic carbocycles. The Bertz CT molecular complexity index is 1160. The number of hydrogen-bond donors (Lipinski definition) is 6. The molecule has 0 heterocycles. The Morgan fingerprint density at radius 1 is 0.868 bits per heavy atom. The summed E-state index contributed by atoms with van der Waals surface area (Å²) in [6.07, 6.45) is 4.75. The summed E-state index contributed by atoms with van der Waals surface area (Å²) in [5.41, 5.74) is 13.6. The molecule has 1 unspecified atom stereocenters. The topological polar surface area (TPSA) is 184 Å². The Morgan fingerprint density at radius 3 is 1.89 bits per heavy atom. The maximum atomic E-state index is 13.5. The second-order valence-corrected chi connectivity index (χ2v) is 9.60. The van der Waals surface area contributed by atoms with Crippen LogP contribution in [0.5, 0.6) is 0 Å². The quantitative estimate of drug-likeness (QED) is 0.114. The van der Waals surface area contributed by atoms with E-state index in [9.17, 15) is 14.4 Å². The van der Waals surface area contributed by atoms with E-state index in [0.717, 1.165) is 37.7 Å². The number of hydrogen-bond acceptors (Lipinski definition) is 6. The van der Waals surface area contributed by atoms with Crippen LogP contribution in [0.4, 0.5) is 0 Å². The van der Waals surface area contributed by atoms with Crippen molar-refractivity contribution >= 4 is 29.5 Å². The van der Waals surface area contributed by atoms with Crippen LogP contribution >= 0.6 is 0 Å². The van der Waals surface area contributed by atoms with E-state index in [1.807, 2.05) is 0 Å². The van der Waals surface area contributed by atoms with Crippen LogP contribution in [0.15, 0.2) is 48.5 Å². The molecular formula is C28H36N6O4. The molecule has 1 fully saturated rings. The van der Waals surface area contributed by atoms with Gasteiger partial charge >= 0.3 is 5.97 Å². The molecule has 1 aliphatic carbocycles. The van der Waals surface area contributed by atoms with Crippen molar-refractivity contribution in [1.82, 2.24) is 10.6 Å². The largest absolute Gasteiger partial charge is 0.467 e. The predicted octanol–water partition coefficient (Wildman–Crippen LogP) is 1.97. The second-order valence-electron chi connectivity index (χ2n) is 9.60. The monoisotopic (exact) mass is 520 g/mol. The molecule has 202 valence electrons. The van der Waals surface area contributed by atoms with Gasteiger partial charge in [0.25, 0.3) is 0 Å². The first kappa shape index (κ1) is 28.4. The van der Waals surface area contributed by atoms with E-state index in [0.29, 0.717) is 16.7 Å². The molecule has 2 aromatic rings. The third-order valence-electron chi connectivity index (χ3n) is 6.94. The lowest BCUT2D eigenvalue weighted by molar-refractivity contribution is -0.148. The van der Waals surface area contributed by atoms with Crippen LogP contribution in [-0.2, 0) is 32.1 Å². The fourth-order valence-corrected chi connectivity index (χ4v) is 4.69. The molecule has 8 N–H and O–H groups in total. The van der Waals surface area contributed by atoms with Crippen LogP contribution in [0.1, 0.15) is 54.4 Å². The van der Waals surface area contributed by atoms with Crippen LogP contribution in [0.3, 0.4) is 0 Å². The van der Waals surface area contributed by atoms with Crippen molar-refractivity contribution in [2.75, 3.05) is 7.11 Å². The summed E-state index contributed by atoms with van der Waals surface area (Å²) < 4.78 is 4.98. The third kappa shape index (κ3) is 7.64.